The van der Waals surface area contributed by atoms with E-state index in [-0.39, 0.29) is 0 Å². The van der Waals surface area contributed by atoms with Crippen LogP contribution in [-0.2, 0) is 11.2 Å². The van der Waals surface area contributed by atoms with Gasteiger partial charge in [0.2, 0.25) is 0 Å². The van der Waals surface area contributed by atoms with Crippen LogP contribution in [0.1, 0.15) is 31.2 Å². The second kappa shape index (κ2) is 4.41. The van der Waals surface area contributed by atoms with Crippen molar-refractivity contribution in [1.82, 2.24) is 0 Å². The maximum atomic E-state index is 11.6. The minimum Gasteiger partial charge on any atom is -0.299 e. The molecule has 1 fully saturated rings. The molecule has 0 N–H and O–H groups in total. The van der Waals surface area contributed by atoms with Gasteiger partial charge in [-0.2, -0.15) is 0 Å². The maximum Gasteiger partial charge on any atom is 0.136 e. The summed E-state index contributed by atoms with van der Waals surface area (Å²) in [6, 6.07) is 10.3. The van der Waals surface area contributed by atoms with Crippen LogP contribution in [0.2, 0.25) is 0 Å². The summed E-state index contributed by atoms with van der Waals surface area (Å²) in [4.78, 5) is 11.6. The monoisotopic (exact) mass is 188 g/mol. The molecule has 1 aromatic carbocycles. The third-order valence-corrected chi connectivity index (χ3v) is 3.01. The average molecular weight is 188 g/mol. The van der Waals surface area contributed by atoms with Crippen LogP contribution in [0.25, 0.3) is 0 Å². The van der Waals surface area contributed by atoms with Crippen LogP contribution in [0.15, 0.2) is 30.3 Å². The van der Waals surface area contributed by atoms with E-state index < -0.39 is 0 Å². The van der Waals surface area contributed by atoms with E-state index >= 15 is 0 Å². The molecule has 0 spiro atoms. The zero-order valence-corrected chi connectivity index (χ0v) is 8.41. The molecule has 0 radical (unpaired) electrons. The highest BCUT2D eigenvalue weighted by Crippen LogP contribution is 2.23. The molecule has 74 valence electrons. The molecule has 1 saturated carbocycles. The van der Waals surface area contributed by atoms with Crippen molar-refractivity contribution in [2.45, 2.75) is 32.1 Å². The quantitative estimate of drug-likeness (QED) is 0.697. The summed E-state index contributed by atoms with van der Waals surface area (Å²) in [5.74, 6) is 0.770. The number of rotatable bonds is 2. The van der Waals surface area contributed by atoms with Crippen molar-refractivity contribution in [3.05, 3.63) is 35.9 Å². The second-order valence-electron chi connectivity index (χ2n) is 4.10. The van der Waals surface area contributed by atoms with Gasteiger partial charge in [0.05, 0.1) is 0 Å². The first-order chi connectivity index (χ1) is 6.86. The minimum absolute atomic E-state index is 0.297. The number of ketones is 1. The Bertz CT molecular complexity index is 302. The van der Waals surface area contributed by atoms with Gasteiger partial charge < -0.3 is 0 Å². The highest BCUT2D eigenvalue weighted by Gasteiger charge is 2.21. The molecule has 0 heterocycles. The van der Waals surface area contributed by atoms with Crippen molar-refractivity contribution < 1.29 is 4.79 Å². The Morgan fingerprint density at radius 2 is 1.93 bits per heavy atom. The van der Waals surface area contributed by atoms with Crippen molar-refractivity contribution in [1.29, 1.82) is 0 Å². The van der Waals surface area contributed by atoms with E-state index in [9.17, 15) is 4.79 Å². The maximum absolute atomic E-state index is 11.6. The molecule has 0 bridgehead atoms. The zero-order chi connectivity index (χ0) is 9.80. The zero-order valence-electron chi connectivity index (χ0n) is 8.41. The van der Waals surface area contributed by atoms with Crippen LogP contribution in [0, 0.1) is 5.92 Å². The van der Waals surface area contributed by atoms with Gasteiger partial charge in [0, 0.05) is 12.3 Å². The Kier molecular flexibility index (Phi) is 2.97. The first-order valence-electron chi connectivity index (χ1n) is 5.43. The molecule has 1 aliphatic carbocycles. The summed E-state index contributed by atoms with van der Waals surface area (Å²) in [5, 5.41) is 0. The summed E-state index contributed by atoms with van der Waals surface area (Å²) < 4.78 is 0. The second-order valence-corrected chi connectivity index (χ2v) is 4.10. The Balaban J connectivity index is 2.00. The van der Waals surface area contributed by atoms with E-state index in [1.54, 1.807) is 0 Å². The molecule has 1 aromatic rings. The van der Waals surface area contributed by atoms with E-state index in [2.05, 4.69) is 12.1 Å². The first kappa shape index (κ1) is 9.45. The number of benzene rings is 1. The van der Waals surface area contributed by atoms with Gasteiger partial charge in [-0.1, -0.05) is 36.8 Å². The van der Waals surface area contributed by atoms with Crippen molar-refractivity contribution in [3.63, 3.8) is 0 Å². The van der Waals surface area contributed by atoms with Gasteiger partial charge in [0.25, 0.3) is 0 Å². The molecule has 0 amide bonds. The number of carbonyl (C=O) groups is 1. The summed E-state index contributed by atoms with van der Waals surface area (Å²) >= 11 is 0. The van der Waals surface area contributed by atoms with Crippen molar-refractivity contribution in [2.24, 2.45) is 5.92 Å². The molecule has 0 saturated heterocycles. The third kappa shape index (κ3) is 2.22. The normalized spacial score (nSPS) is 22.3. The topological polar surface area (TPSA) is 17.1 Å². The van der Waals surface area contributed by atoms with Crippen molar-refractivity contribution in [2.75, 3.05) is 0 Å². The van der Waals surface area contributed by atoms with Crippen molar-refractivity contribution in [3.8, 4) is 0 Å². The van der Waals surface area contributed by atoms with Gasteiger partial charge >= 0.3 is 0 Å². The largest absolute Gasteiger partial charge is 0.299 e. The molecule has 1 atom stereocenters. The van der Waals surface area contributed by atoms with Gasteiger partial charge in [0.1, 0.15) is 5.78 Å². The van der Waals surface area contributed by atoms with Crippen molar-refractivity contribution >= 4 is 5.78 Å². The van der Waals surface area contributed by atoms with Crippen LogP contribution in [0.4, 0.5) is 0 Å². The van der Waals surface area contributed by atoms with Crippen LogP contribution in [0.5, 0.6) is 0 Å². The fourth-order valence-corrected chi connectivity index (χ4v) is 2.17. The van der Waals surface area contributed by atoms with Gasteiger partial charge in [0.15, 0.2) is 0 Å². The lowest BCUT2D eigenvalue weighted by atomic mass is 9.84. The lowest BCUT2D eigenvalue weighted by Crippen LogP contribution is -2.20. The Morgan fingerprint density at radius 1 is 1.14 bits per heavy atom. The van der Waals surface area contributed by atoms with Crippen LogP contribution in [-0.4, -0.2) is 5.78 Å². The standard InChI is InChI=1S/C13H16O/c14-13-9-5-4-8-12(13)10-11-6-2-1-3-7-11/h1-3,6-7,12H,4-5,8-10H2. The molecule has 2 rings (SSSR count). The molecular formula is C13H16O. The molecule has 1 unspecified atom stereocenters. The predicted octanol–water partition coefficient (Wildman–Crippen LogP) is 2.99. The number of hydrogen-bond acceptors (Lipinski definition) is 1. The van der Waals surface area contributed by atoms with E-state index in [4.69, 9.17) is 0 Å². The summed E-state index contributed by atoms with van der Waals surface area (Å²) in [5.41, 5.74) is 1.30. The lowest BCUT2D eigenvalue weighted by molar-refractivity contribution is -0.124. The van der Waals surface area contributed by atoms with Crippen LogP contribution in [0.3, 0.4) is 0 Å². The van der Waals surface area contributed by atoms with E-state index in [1.165, 1.54) is 12.0 Å². The van der Waals surface area contributed by atoms with E-state index in [1.807, 2.05) is 18.2 Å². The summed E-state index contributed by atoms with van der Waals surface area (Å²) in [6.07, 6.45) is 5.16. The van der Waals surface area contributed by atoms with Gasteiger partial charge in [-0.25, -0.2) is 0 Å². The summed E-state index contributed by atoms with van der Waals surface area (Å²) in [7, 11) is 0. The van der Waals surface area contributed by atoms with Crippen LogP contribution >= 0.6 is 0 Å². The molecule has 0 aliphatic heterocycles. The lowest BCUT2D eigenvalue weighted by Gasteiger charge is -2.20. The number of hydrogen-bond donors (Lipinski definition) is 0. The SMILES string of the molecule is O=C1CCCCC1Cc1ccccc1. The Hall–Kier alpha value is -1.11. The van der Waals surface area contributed by atoms with Gasteiger partial charge in [-0.3, -0.25) is 4.79 Å². The van der Waals surface area contributed by atoms with E-state index in [0.717, 1.165) is 25.7 Å². The Morgan fingerprint density at radius 3 is 2.64 bits per heavy atom. The van der Waals surface area contributed by atoms with Crippen LogP contribution < -0.4 is 0 Å². The smallest absolute Gasteiger partial charge is 0.136 e. The highest BCUT2D eigenvalue weighted by atomic mass is 16.1. The molecule has 1 aliphatic rings. The van der Waals surface area contributed by atoms with E-state index in [0.29, 0.717) is 11.7 Å². The average Bonchev–Trinajstić information content (AvgIpc) is 2.23. The summed E-state index contributed by atoms with van der Waals surface area (Å²) in [6.45, 7) is 0. The fourth-order valence-electron chi connectivity index (χ4n) is 2.17. The Labute approximate surface area is 85.1 Å². The predicted molar refractivity (Wildman–Crippen MR) is 57.1 cm³/mol. The molecule has 0 aromatic heterocycles. The minimum atomic E-state index is 0.297. The molecule has 1 heteroatoms. The highest BCUT2D eigenvalue weighted by molar-refractivity contribution is 5.81. The molecule has 1 nitrogen and oxygen atoms in total. The molecule has 14 heavy (non-hydrogen) atoms. The molecular weight excluding hydrogens is 172 g/mol. The fraction of sp³-hybridized carbons (Fsp3) is 0.462. The third-order valence-electron chi connectivity index (χ3n) is 3.01. The van der Waals surface area contributed by atoms with Gasteiger partial charge in [-0.15, -0.1) is 0 Å². The number of carbonyl (C=O) groups excluding carboxylic acids is 1. The van der Waals surface area contributed by atoms with Gasteiger partial charge in [-0.05, 0) is 24.8 Å². The number of Topliss-reactive ketones (excluding diaryl/α,β-unsaturated/α-hetero) is 1. The first-order valence-corrected chi connectivity index (χ1v) is 5.43.